The molecule has 0 heterocycles. The molecule has 18 heavy (non-hydrogen) atoms. The first-order valence-electron chi connectivity index (χ1n) is 5.88. The Bertz CT molecular complexity index is 444. The first-order valence-corrected chi connectivity index (χ1v) is 5.88. The predicted octanol–water partition coefficient (Wildman–Crippen LogP) is 1.76. The van der Waals surface area contributed by atoms with Gasteiger partial charge in [-0.25, -0.2) is 4.79 Å². The molecule has 0 aliphatic heterocycles. The molecule has 0 aromatic heterocycles. The van der Waals surface area contributed by atoms with Crippen molar-refractivity contribution in [3.05, 3.63) is 29.3 Å². The summed E-state index contributed by atoms with van der Waals surface area (Å²) in [7, 11) is 0. The van der Waals surface area contributed by atoms with Crippen molar-refractivity contribution in [1.82, 2.24) is 0 Å². The van der Waals surface area contributed by atoms with E-state index in [1.165, 1.54) is 6.07 Å². The summed E-state index contributed by atoms with van der Waals surface area (Å²) < 4.78 is 0. The van der Waals surface area contributed by atoms with E-state index >= 15 is 0 Å². The van der Waals surface area contributed by atoms with Crippen LogP contribution < -0.4 is 11.1 Å². The van der Waals surface area contributed by atoms with Crippen molar-refractivity contribution in [2.75, 3.05) is 11.9 Å². The van der Waals surface area contributed by atoms with Gasteiger partial charge in [-0.1, -0.05) is 11.6 Å². The fourth-order valence-electron chi connectivity index (χ4n) is 1.59. The van der Waals surface area contributed by atoms with E-state index in [0.29, 0.717) is 25.1 Å². The van der Waals surface area contributed by atoms with Crippen LogP contribution in [0.4, 0.5) is 5.69 Å². The highest BCUT2D eigenvalue weighted by Gasteiger charge is 2.12. The van der Waals surface area contributed by atoms with E-state index in [4.69, 9.17) is 10.8 Å². The van der Waals surface area contributed by atoms with Crippen molar-refractivity contribution >= 4 is 17.6 Å². The Hall–Kier alpha value is -1.88. The fraction of sp³-hybridized carbons (Fsp3) is 0.385. The number of amides is 1. The zero-order valence-corrected chi connectivity index (χ0v) is 10.4. The molecule has 1 amide bonds. The van der Waals surface area contributed by atoms with Crippen LogP contribution in [0.2, 0.25) is 0 Å². The number of carboxylic acids is 1. The minimum absolute atomic E-state index is 0.113. The number of hydrogen-bond donors (Lipinski definition) is 3. The quantitative estimate of drug-likeness (QED) is 0.671. The van der Waals surface area contributed by atoms with Crippen LogP contribution in [0.3, 0.4) is 0 Å². The van der Waals surface area contributed by atoms with E-state index < -0.39 is 5.97 Å². The predicted molar refractivity (Wildman–Crippen MR) is 69.7 cm³/mol. The molecule has 0 bridgehead atoms. The Balaban J connectivity index is 2.72. The summed E-state index contributed by atoms with van der Waals surface area (Å²) in [5.41, 5.74) is 6.63. The lowest BCUT2D eigenvalue weighted by Gasteiger charge is -2.09. The highest BCUT2D eigenvalue weighted by Crippen LogP contribution is 2.17. The summed E-state index contributed by atoms with van der Waals surface area (Å²) in [6, 6.07) is 4.92. The average molecular weight is 250 g/mol. The molecule has 98 valence electrons. The molecule has 1 aromatic rings. The second-order valence-electron chi connectivity index (χ2n) is 4.15. The summed E-state index contributed by atoms with van der Waals surface area (Å²) in [6.07, 6.45) is 1.84. The van der Waals surface area contributed by atoms with Gasteiger partial charge >= 0.3 is 5.97 Å². The summed E-state index contributed by atoms with van der Waals surface area (Å²) in [5, 5.41) is 11.7. The molecule has 0 saturated heterocycles. The monoisotopic (exact) mass is 250 g/mol. The van der Waals surface area contributed by atoms with Gasteiger partial charge < -0.3 is 16.2 Å². The van der Waals surface area contributed by atoms with Crippen LogP contribution in [0.15, 0.2) is 18.2 Å². The molecule has 0 unspecified atom stereocenters. The fourth-order valence-corrected chi connectivity index (χ4v) is 1.59. The Morgan fingerprint density at radius 1 is 1.33 bits per heavy atom. The molecule has 5 nitrogen and oxygen atoms in total. The number of nitrogens with one attached hydrogen (secondary N) is 1. The van der Waals surface area contributed by atoms with Crippen molar-refractivity contribution < 1.29 is 14.7 Å². The van der Waals surface area contributed by atoms with Gasteiger partial charge in [0, 0.05) is 6.42 Å². The number of nitrogens with two attached hydrogens (primary N) is 1. The SMILES string of the molecule is Cc1ccc(NC(=O)CCCCN)c(C(=O)O)c1. The number of carbonyl (C=O) groups is 2. The maximum absolute atomic E-state index is 11.6. The van der Waals surface area contributed by atoms with E-state index in [-0.39, 0.29) is 11.5 Å². The standard InChI is InChI=1S/C13H18N2O3/c1-9-5-6-11(10(8-9)13(17)18)15-12(16)4-2-3-7-14/h5-6,8H,2-4,7,14H2,1H3,(H,15,16)(H,17,18). The Morgan fingerprint density at radius 3 is 2.67 bits per heavy atom. The number of carboxylic acid groups (broad SMARTS) is 1. The van der Waals surface area contributed by atoms with E-state index in [1.807, 2.05) is 0 Å². The Morgan fingerprint density at radius 2 is 2.06 bits per heavy atom. The second-order valence-corrected chi connectivity index (χ2v) is 4.15. The third kappa shape index (κ3) is 4.18. The Kier molecular flexibility index (Phi) is 5.32. The number of anilines is 1. The molecule has 0 aliphatic carbocycles. The zero-order chi connectivity index (χ0) is 13.5. The lowest BCUT2D eigenvalue weighted by atomic mass is 10.1. The summed E-state index contributed by atoms with van der Waals surface area (Å²) in [6.45, 7) is 2.36. The zero-order valence-electron chi connectivity index (χ0n) is 10.4. The second kappa shape index (κ2) is 6.76. The van der Waals surface area contributed by atoms with Crippen LogP contribution in [0.1, 0.15) is 35.2 Å². The van der Waals surface area contributed by atoms with Crippen molar-refractivity contribution in [2.24, 2.45) is 5.73 Å². The molecule has 4 N–H and O–H groups in total. The molecular formula is C13H18N2O3. The third-order valence-corrected chi connectivity index (χ3v) is 2.54. The van der Waals surface area contributed by atoms with Crippen LogP contribution >= 0.6 is 0 Å². The molecule has 0 fully saturated rings. The lowest BCUT2D eigenvalue weighted by Crippen LogP contribution is -2.15. The Labute approximate surface area is 106 Å². The number of aryl methyl sites for hydroxylation is 1. The smallest absolute Gasteiger partial charge is 0.337 e. The maximum atomic E-state index is 11.6. The van der Waals surface area contributed by atoms with Gasteiger partial charge in [0.1, 0.15) is 0 Å². The molecule has 1 rings (SSSR count). The van der Waals surface area contributed by atoms with Crippen LogP contribution in [0.5, 0.6) is 0 Å². The van der Waals surface area contributed by atoms with Gasteiger partial charge in [-0.2, -0.15) is 0 Å². The number of carbonyl (C=O) groups excluding carboxylic acids is 1. The highest BCUT2D eigenvalue weighted by atomic mass is 16.4. The average Bonchev–Trinajstić information content (AvgIpc) is 2.31. The molecule has 0 atom stereocenters. The number of unbranched alkanes of at least 4 members (excludes halogenated alkanes) is 1. The molecule has 1 aromatic carbocycles. The van der Waals surface area contributed by atoms with Crippen LogP contribution in [0, 0.1) is 6.92 Å². The van der Waals surface area contributed by atoms with Crippen LogP contribution in [0.25, 0.3) is 0 Å². The largest absolute Gasteiger partial charge is 0.478 e. The normalized spacial score (nSPS) is 10.1. The first kappa shape index (κ1) is 14.2. The van der Waals surface area contributed by atoms with E-state index in [0.717, 1.165) is 12.0 Å². The summed E-state index contributed by atoms with van der Waals surface area (Å²) in [4.78, 5) is 22.7. The number of rotatable bonds is 6. The summed E-state index contributed by atoms with van der Waals surface area (Å²) in [5.74, 6) is -1.23. The van der Waals surface area contributed by atoms with Gasteiger partial charge in [0.25, 0.3) is 0 Å². The summed E-state index contributed by atoms with van der Waals surface area (Å²) >= 11 is 0. The number of benzene rings is 1. The van der Waals surface area contributed by atoms with Crippen molar-refractivity contribution in [3.63, 3.8) is 0 Å². The molecule has 0 saturated carbocycles. The minimum Gasteiger partial charge on any atom is -0.478 e. The van der Waals surface area contributed by atoms with Gasteiger partial charge in [-0.3, -0.25) is 4.79 Å². The van der Waals surface area contributed by atoms with Gasteiger partial charge in [-0.15, -0.1) is 0 Å². The van der Waals surface area contributed by atoms with Crippen LogP contribution in [-0.2, 0) is 4.79 Å². The first-order chi connectivity index (χ1) is 8.54. The van der Waals surface area contributed by atoms with Gasteiger partial charge in [-0.05, 0) is 38.4 Å². The highest BCUT2D eigenvalue weighted by molar-refractivity contribution is 6.00. The van der Waals surface area contributed by atoms with Gasteiger partial charge in [0.05, 0.1) is 11.3 Å². The van der Waals surface area contributed by atoms with Gasteiger partial charge in [0.2, 0.25) is 5.91 Å². The number of hydrogen-bond acceptors (Lipinski definition) is 3. The van der Waals surface area contributed by atoms with Crippen LogP contribution in [-0.4, -0.2) is 23.5 Å². The minimum atomic E-state index is -1.05. The van der Waals surface area contributed by atoms with E-state index in [9.17, 15) is 9.59 Å². The molecule has 0 spiro atoms. The van der Waals surface area contributed by atoms with Crippen molar-refractivity contribution in [3.8, 4) is 0 Å². The van der Waals surface area contributed by atoms with Crippen molar-refractivity contribution in [1.29, 1.82) is 0 Å². The topological polar surface area (TPSA) is 92.4 Å². The molecule has 0 aliphatic rings. The lowest BCUT2D eigenvalue weighted by molar-refractivity contribution is -0.116. The van der Waals surface area contributed by atoms with Crippen molar-refractivity contribution in [2.45, 2.75) is 26.2 Å². The van der Waals surface area contributed by atoms with E-state index in [1.54, 1.807) is 19.1 Å². The molecule has 5 heteroatoms. The molecular weight excluding hydrogens is 232 g/mol. The number of aromatic carboxylic acids is 1. The van der Waals surface area contributed by atoms with E-state index in [2.05, 4.69) is 5.32 Å². The van der Waals surface area contributed by atoms with Gasteiger partial charge in [0.15, 0.2) is 0 Å². The maximum Gasteiger partial charge on any atom is 0.337 e. The third-order valence-electron chi connectivity index (χ3n) is 2.54. The molecule has 0 radical (unpaired) electrons.